The van der Waals surface area contributed by atoms with Crippen molar-refractivity contribution in [2.75, 3.05) is 4.90 Å². The molecule has 1 aliphatic heterocycles. The van der Waals surface area contributed by atoms with Crippen LogP contribution in [-0.4, -0.2) is 10.8 Å². The Balaban J connectivity index is 1.72. The molecule has 0 saturated carbocycles. The molecule has 0 radical (unpaired) electrons. The first kappa shape index (κ1) is 22.1. The van der Waals surface area contributed by atoms with Crippen LogP contribution in [-0.2, 0) is 4.79 Å². The van der Waals surface area contributed by atoms with Crippen LogP contribution in [0.4, 0.5) is 10.2 Å². The van der Waals surface area contributed by atoms with E-state index >= 15 is 0 Å². The summed E-state index contributed by atoms with van der Waals surface area (Å²) in [5.41, 5.74) is 9.83. The van der Waals surface area contributed by atoms with E-state index in [-0.39, 0.29) is 28.9 Å². The number of nitrogens with two attached hydrogens (primary N) is 1. The van der Waals surface area contributed by atoms with E-state index in [1.807, 2.05) is 36.4 Å². The highest BCUT2D eigenvalue weighted by atomic mass is 79.9. The molecule has 2 aliphatic rings. The first-order valence-corrected chi connectivity index (χ1v) is 11.6. The zero-order valence-corrected chi connectivity index (χ0v) is 19.7. The third-order valence-corrected chi connectivity index (χ3v) is 6.85. The summed E-state index contributed by atoms with van der Waals surface area (Å²) in [4.78, 5) is 19.9. The quantitative estimate of drug-likeness (QED) is 0.485. The van der Waals surface area contributed by atoms with E-state index in [2.05, 4.69) is 27.0 Å². The van der Waals surface area contributed by atoms with Crippen molar-refractivity contribution in [1.82, 2.24) is 4.98 Å². The number of hydrogen-bond acceptors (Lipinski definition) is 5. The molecule has 3 aromatic rings. The van der Waals surface area contributed by atoms with Crippen LogP contribution in [0, 0.1) is 17.1 Å². The Labute approximate surface area is 205 Å². The molecule has 1 aliphatic carbocycles. The largest absolute Gasteiger partial charge is 0.384 e. The maximum Gasteiger partial charge on any atom is 0.162 e. The van der Waals surface area contributed by atoms with Crippen molar-refractivity contribution in [2.45, 2.75) is 24.7 Å². The van der Waals surface area contributed by atoms with Gasteiger partial charge in [-0.3, -0.25) is 9.69 Å². The van der Waals surface area contributed by atoms with Gasteiger partial charge in [0.05, 0.1) is 17.6 Å². The minimum absolute atomic E-state index is 0.0318. The van der Waals surface area contributed by atoms with E-state index in [4.69, 9.17) is 5.73 Å². The summed E-state index contributed by atoms with van der Waals surface area (Å²) >= 11 is 3.40. The number of rotatable bonds is 3. The van der Waals surface area contributed by atoms with E-state index in [1.165, 1.54) is 12.1 Å². The number of carbonyl (C=O) groups excluding carboxylic acids is 1. The smallest absolute Gasteiger partial charge is 0.162 e. The van der Waals surface area contributed by atoms with Gasteiger partial charge in [0, 0.05) is 28.4 Å². The predicted molar refractivity (Wildman–Crippen MR) is 131 cm³/mol. The van der Waals surface area contributed by atoms with Crippen LogP contribution in [0.1, 0.15) is 35.8 Å². The predicted octanol–water partition coefficient (Wildman–Crippen LogP) is 5.68. The lowest BCUT2D eigenvalue weighted by Crippen LogP contribution is -2.40. The topological polar surface area (TPSA) is 83.0 Å². The fourth-order valence-corrected chi connectivity index (χ4v) is 5.08. The third-order valence-electron chi connectivity index (χ3n) is 6.38. The molecule has 34 heavy (non-hydrogen) atoms. The number of benzene rings is 2. The number of halogens is 2. The Morgan fingerprint density at radius 3 is 2.41 bits per heavy atom. The number of aromatic nitrogens is 1. The van der Waals surface area contributed by atoms with Crippen molar-refractivity contribution >= 4 is 27.5 Å². The average molecular weight is 515 g/mol. The van der Waals surface area contributed by atoms with E-state index in [0.29, 0.717) is 29.8 Å². The van der Waals surface area contributed by atoms with Gasteiger partial charge in [0.25, 0.3) is 0 Å². The van der Waals surface area contributed by atoms with Crippen LogP contribution in [0.3, 0.4) is 0 Å². The van der Waals surface area contributed by atoms with Gasteiger partial charge in [-0.05, 0) is 63.7 Å². The molecule has 0 amide bonds. The van der Waals surface area contributed by atoms with Crippen LogP contribution in [0.15, 0.2) is 100 Å². The molecule has 5 nitrogen and oxygen atoms in total. The van der Waals surface area contributed by atoms with Gasteiger partial charge < -0.3 is 5.73 Å². The summed E-state index contributed by atoms with van der Waals surface area (Å²) in [6, 6.07) is 21.7. The molecule has 0 saturated heterocycles. The molecule has 2 N–H and O–H groups in total. The van der Waals surface area contributed by atoms with Crippen LogP contribution in [0.5, 0.6) is 0 Å². The van der Waals surface area contributed by atoms with Gasteiger partial charge in [0.2, 0.25) is 0 Å². The summed E-state index contributed by atoms with van der Waals surface area (Å²) in [5.74, 6) is -0.366. The van der Waals surface area contributed by atoms with Gasteiger partial charge in [-0.1, -0.05) is 42.5 Å². The molecule has 1 aromatic heterocycles. The first-order chi connectivity index (χ1) is 16.5. The van der Waals surface area contributed by atoms with Gasteiger partial charge in [-0.2, -0.15) is 5.26 Å². The average Bonchev–Trinajstić information content (AvgIpc) is 2.85. The van der Waals surface area contributed by atoms with Crippen molar-refractivity contribution in [3.8, 4) is 6.07 Å². The standard InChI is InChI=1S/C27H20BrFN4O/c28-19-8-11-24(32-15-19)33-22-12-18(16-4-2-1-3-5-16)13-23(34)26(22)25(21(14-30)27(33)31)17-6-9-20(29)10-7-17/h1-11,15,18,25H,12-13,31H2/t18-,25+/m0/s1. The number of allylic oxidation sites excluding steroid dienone is 3. The molecular weight excluding hydrogens is 495 g/mol. The second-order valence-electron chi connectivity index (χ2n) is 8.36. The molecule has 0 spiro atoms. The summed E-state index contributed by atoms with van der Waals surface area (Å²) < 4.78 is 14.5. The zero-order chi connectivity index (χ0) is 23.8. The number of ketones is 1. The molecule has 5 rings (SSSR count). The Morgan fingerprint density at radius 2 is 1.76 bits per heavy atom. The second kappa shape index (κ2) is 8.88. The molecule has 168 valence electrons. The third kappa shape index (κ3) is 3.80. The molecule has 7 heteroatoms. The van der Waals surface area contributed by atoms with E-state index in [9.17, 15) is 14.4 Å². The van der Waals surface area contributed by atoms with Gasteiger partial charge in [0.1, 0.15) is 17.5 Å². The SMILES string of the molecule is N#CC1=C(N)N(c2ccc(Br)cn2)C2=C(C(=O)C[C@@H](c3ccccc3)C2)[C@@H]1c1ccc(F)cc1. The van der Waals surface area contributed by atoms with Gasteiger partial charge in [-0.25, -0.2) is 9.37 Å². The first-order valence-electron chi connectivity index (χ1n) is 10.9. The fraction of sp³-hybridized carbons (Fsp3) is 0.148. The number of pyridine rings is 1. The molecule has 0 fully saturated rings. The van der Waals surface area contributed by atoms with Crippen molar-refractivity contribution < 1.29 is 9.18 Å². The molecule has 0 unspecified atom stereocenters. The molecule has 2 atom stereocenters. The van der Waals surface area contributed by atoms with Crippen molar-refractivity contribution in [2.24, 2.45) is 5.73 Å². The van der Waals surface area contributed by atoms with Gasteiger partial charge in [0.15, 0.2) is 5.78 Å². The van der Waals surface area contributed by atoms with Crippen LogP contribution < -0.4 is 10.6 Å². The number of Topliss-reactive ketones (excluding diaryl/α,β-unsaturated/α-hetero) is 1. The number of nitrogens with zero attached hydrogens (tertiary/aromatic N) is 3. The normalized spacial score (nSPS) is 20.3. The van der Waals surface area contributed by atoms with E-state index in [0.717, 1.165) is 15.7 Å². The molecule has 2 heterocycles. The highest BCUT2D eigenvalue weighted by Gasteiger charge is 2.43. The molecular formula is C27H20BrFN4O. The lowest BCUT2D eigenvalue weighted by molar-refractivity contribution is -0.116. The lowest BCUT2D eigenvalue weighted by atomic mass is 9.72. The molecule has 0 bridgehead atoms. The monoisotopic (exact) mass is 514 g/mol. The maximum absolute atomic E-state index is 13.7. The minimum Gasteiger partial charge on any atom is -0.384 e. The van der Waals surface area contributed by atoms with Crippen LogP contribution in [0.25, 0.3) is 0 Å². The highest BCUT2D eigenvalue weighted by Crippen LogP contribution is 2.48. The minimum atomic E-state index is -0.656. The summed E-state index contributed by atoms with van der Waals surface area (Å²) in [6.45, 7) is 0. The fourth-order valence-electron chi connectivity index (χ4n) is 4.84. The number of hydrogen-bond donors (Lipinski definition) is 1. The van der Waals surface area contributed by atoms with E-state index < -0.39 is 5.92 Å². The Kier molecular flexibility index (Phi) is 5.76. The zero-order valence-electron chi connectivity index (χ0n) is 18.1. The summed E-state index contributed by atoms with van der Waals surface area (Å²) in [6.07, 6.45) is 2.53. The van der Waals surface area contributed by atoms with Crippen molar-refractivity contribution in [3.63, 3.8) is 0 Å². The number of nitriles is 1. The Morgan fingerprint density at radius 1 is 1.03 bits per heavy atom. The van der Waals surface area contributed by atoms with Crippen LogP contribution >= 0.6 is 15.9 Å². The number of carbonyl (C=O) groups is 1. The van der Waals surface area contributed by atoms with Gasteiger partial charge >= 0.3 is 0 Å². The Bertz CT molecular complexity index is 1360. The van der Waals surface area contributed by atoms with Crippen LogP contribution in [0.2, 0.25) is 0 Å². The Hall–Kier alpha value is -3.76. The lowest BCUT2D eigenvalue weighted by Gasteiger charge is -2.41. The maximum atomic E-state index is 13.7. The van der Waals surface area contributed by atoms with Crippen molar-refractivity contribution in [1.29, 1.82) is 5.26 Å². The van der Waals surface area contributed by atoms with E-state index in [1.54, 1.807) is 29.3 Å². The summed E-state index contributed by atoms with van der Waals surface area (Å²) in [5, 5.41) is 10.1. The highest BCUT2D eigenvalue weighted by molar-refractivity contribution is 9.10. The number of anilines is 1. The second-order valence-corrected chi connectivity index (χ2v) is 9.28. The molecule has 2 aromatic carbocycles. The van der Waals surface area contributed by atoms with Gasteiger partial charge in [-0.15, -0.1) is 0 Å². The summed E-state index contributed by atoms with van der Waals surface area (Å²) in [7, 11) is 0. The van der Waals surface area contributed by atoms with Crippen molar-refractivity contribution in [3.05, 3.63) is 117 Å².